The molecule has 1 unspecified atom stereocenters. The molecular weight excluding hydrogens is 312 g/mol. The summed E-state index contributed by atoms with van der Waals surface area (Å²) < 4.78 is 0. The molecule has 2 heterocycles. The molecule has 0 saturated carbocycles. The molecule has 25 heavy (non-hydrogen) atoms. The molecule has 5 nitrogen and oxygen atoms in total. The fraction of sp³-hybridized carbons (Fsp3) is 0.400. The van der Waals surface area contributed by atoms with Crippen LogP contribution in [0.4, 0.5) is 0 Å². The lowest BCUT2D eigenvalue weighted by Crippen LogP contribution is -2.49. The van der Waals surface area contributed by atoms with Crippen molar-refractivity contribution in [3.05, 3.63) is 66.0 Å². The molecule has 2 aromatic rings. The lowest BCUT2D eigenvalue weighted by Gasteiger charge is -2.36. The van der Waals surface area contributed by atoms with E-state index in [1.165, 1.54) is 0 Å². The summed E-state index contributed by atoms with van der Waals surface area (Å²) in [5, 5.41) is 0. The quantitative estimate of drug-likeness (QED) is 0.867. The Morgan fingerprint density at radius 3 is 2.36 bits per heavy atom. The number of pyridine rings is 1. The maximum atomic E-state index is 12.7. The zero-order valence-electron chi connectivity index (χ0n) is 14.8. The van der Waals surface area contributed by atoms with E-state index in [0.717, 1.165) is 44.0 Å². The van der Waals surface area contributed by atoms with Crippen LogP contribution in [0, 0.1) is 0 Å². The fourth-order valence-electron chi connectivity index (χ4n) is 3.55. The summed E-state index contributed by atoms with van der Waals surface area (Å²) in [6.45, 7) is 4.96. The van der Waals surface area contributed by atoms with Gasteiger partial charge in [0.15, 0.2) is 0 Å². The van der Waals surface area contributed by atoms with E-state index in [1.54, 1.807) is 6.20 Å². The number of hydrogen-bond acceptors (Lipinski definition) is 4. The number of benzene rings is 1. The molecule has 0 spiro atoms. The minimum atomic E-state index is -0.897. The zero-order valence-corrected chi connectivity index (χ0v) is 14.8. The van der Waals surface area contributed by atoms with Crippen molar-refractivity contribution in [2.24, 2.45) is 5.73 Å². The zero-order chi connectivity index (χ0) is 17.7. The largest absolute Gasteiger partial charge is 0.369 e. The Kier molecular flexibility index (Phi) is 5.46. The standard InChI is InChI=1S/C20H26N4O/c1-23-13-15-24(16-14-23)12-10-20(19(21)25,17-7-3-2-4-8-17)18-9-5-6-11-22-18/h2-9,11H,10,12-16H2,1H3,(H2,21,25). The summed E-state index contributed by atoms with van der Waals surface area (Å²) in [4.78, 5) is 21.9. The Labute approximate surface area is 149 Å². The van der Waals surface area contributed by atoms with Crippen LogP contribution in [0.25, 0.3) is 0 Å². The van der Waals surface area contributed by atoms with E-state index in [-0.39, 0.29) is 5.91 Å². The number of nitrogens with zero attached hydrogens (tertiary/aromatic N) is 3. The second-order valence-corrected chi connectivity index (χ2v) is 6.75. The molecule has 0 radical (unpaired) electrons. The third kappa shape index (κ3) is 3.72. The van der Waals surface area contributed by atoms with Crippen molar-refractivity contribution in [1.82, 2.24) is 14.8 Å². The predicted molar refractivity (Wildman–Crippen MR) is 99.2 cm³/mol. The van der Waals surface area contributed by atoms with E-state index >= 15 is 0 Å². The highest BCUT2D eigenvalue weighted by atomic mass is 16.1. The second-order valence-electron chi connectivity index (χ2n) is 6.75. The van der Waals surface area contributed by atoms with Gasteiger partial charge in [-0.3, -0.25) is 9.78 Å². The fourth-order valence-corrected chi connectivity index (χ4v) is 3.55. The predicted octanol–water partition coefficient (Wildman–Crippen LogP) is 1.49. The number of nitrogens with two attached hydrogens (primary N) is 1. The number of likely N-dealkylation sites (N-methyl/N-ethyl adjacent to an activating group) is 1. The van der Waals surface area contributed by atoms with Gasteiger partial charge in [0.2, 0.25) is 5.91 Å². The van der Waals surface area contributed by atoms with Crippen molar-refractivity contribution in [2.75, 3.05) is 39.8 Å². The summed E-state index contributed by atoms with van der Waals surface area (Å²) >= 11 is 0. The molecule has 1 amide bonds. The van der Waals surface area contributed by atoms with Gasteiger partial charge >= 0.3 is 0 Å². The van der Waals surface area contributed by atoms with Crippen LogP contribution in [0.15, 0.2) is 54.7 Å². The van der Waals surface area contributed by atoms with Gasteiger partial charge in [0, 0.05) is 32.4 Å². The van der Waals surface area contributed by atoms with E-state index in [2.05, 4.69) is 21.8 Å². The van der Waals surface area contributed by atoms with E-state index in [9.17, 15) is 4.79 Å². The van der Waals surface area contributed by atoms with Crippen LogP contribution < -0.4 is 5.73 Å². The second kappa shape index (κ2) is 7.76. The van der Waals surface area contributed by atoms with Crippen molar-refractivity contribution in [3.8, 4) is 0 Å². The minimum Gasteiger partial charge on any atom is -0.369 e. The molecule has 1 aromatic carbocycles. The highest BCUT2D eigenvalue weighted by molar-refractivity contribution is 5.90. The maximum Gasteiger partial charge on any atom is 0.234 e. The van der Waals surface area contributed by atoms with Crippen molar-refractivity contribution < 1.29 is 4.79 Å². The van der Waals surface area contributed by atoms with Crippen LogP contribution in [-0.2, 0) is 10.2 Å². The highest BCUT2D eigenvalue weighted by Crippen LogP contribution is 2.34. The number of aromatic nitrogens is 1. The Morgan fingerprint density at radius 2 is 1.76 bits per heavy atom. The molecule has 1 aliphatic rings. The molecule has 1 aliphatic heterocycles. The highest BCUT2D eigenvalue weighted by Gasteiger charge is 2.41. The van der Waals surface area contributed by atoms with Crippen molar-refractivity contribution >= 4 is 5.91 Å². The first-order valence-corrected chi connectivity index (χ1v) is 8.81. The Morgan fingerprint density at radius 1 is 1.08 bits per heavy atom. The van der Waals surface area contributed by atoms with Gasteiger partial charge in [0.05, 0.1) is 5.69 Å². The van der Waals surface area contributed by atoms with E-state index in [0.29, 0.717) is 6.42 Å². The van der Waals surface area contributed by atoms with Gasteiger partial charge in [-0.2, -0.15) is 0 Å². The van der Waals surface area contributed by atoms with E-state index in [4.69, 9.17) is 5.73 Å². The van der Waals surface area contributed by atoms with Crippen LogP contribution in [0.5, 0.6) is 0 Å². The third-order valence-corrected chi connectivity index (χ3v) is 5.19. The van der Waals surface area contributed by atoms with Gasteiger partial charge in [-0.05, 0) is 37.7 Å². The van der Waals surface area contributed by atoms with Gasteiger partial charge < -0.3 is 15.5 Å². The number of hydrogen-bond donors (Lipinski definition) is 1. The first-order valence-electron chi connectivity index (χ1n) is 8.81. The Balaban J connectivity index is 1.92. The molecule has 0 aliphatic carbocycles. The molecule has 2 N–H and O–H groups in total. The average molecular weight is 338 g/mol. The molecule has 1 aromatic heterocycles. The van der Waals surface area contributed by atoms with Gasteiger partial charge in [-0.15, -0.1) is 0 Å². The van der Waals surface area contributed by atoms with E-state index < -0.39 is 5.41 Å². The molecular formula is C20H26N4O. The number of carbonyl (C=O) groups is 1. The van der Waals surface area contributed by atoms with Crippen LogP contribution in [-0.4, -0.2) is 60.5 Å². The lowest BCUT2D eigenvalue weighted by molar-refractivity contribution is -0.122. The molecule has 1 fully saturated rings. The van der Waals surface area contributed by atoms with Gasteiger partial charge in [-0.25, -0.2) is 0 Å². The number of amides is 1. The summed E-state index contributed by atoms with van der Waals surface area (Å²) in [7, 11) is 2.14. The number of carbonyl (C=O) groups excluding carboxylic acids is 1. The molecule has 0 bridgehead atoms. The third-order valence-electron chi connectivity index (χ3n) is 5.19. The number of rotatable bonds is 6. The number of primary amides is 1. The summed E-state index contributed by atoms with van der Waals surface area (Å²) in [6.07, 6.45) is 2.36. The van der Waals surface area contributed by atoms with Gasteiger partial charge in [0.25, 0.3) is 0 Å². The first kappa shape index (κ1) is 17.6. The lowest BCUT2D eigenvalue weighted by atomic mass is 9.73. The molecule has 5 heteroatoms. The van der Waals surface area contributed by atoms with Gasteiger partial charge in [-0.1, -0.05) is 36.4 Å². The van der Waals surface area contributed by atoms with Gasteiger partial charge in [0.1, 0.15) is 5.41 Å². The molecule has 3 rings (SSSR count). The van der Waals surface area contributed by atoms with E-state index in [1.807, 2.05) is 48.5 Å². The van der Waals surface area contributed by atoms with Crippen molar-refractivity contribution in [1.29, 1.82) is 0 Å². The SMILES string of the molecule is CN1CCN(CCC(C(N)=O)(c2ccccc2)c2ccccn2)CC1. The minimum absolute atomic E-state index is 0.341. The normalized spacial score (nSPS) is 18.6. The smallest absolute Gasteiger partial charge is 0.234 e. The van der Waals surface area contributed by atoms with Crippen LogP contribution >= 0.6 is 0 Å². The van der Waals surface area contributed by atoms with Crippen LogP contribution in [0.1, 0.15) is 17.7 Å². The Hall–Kier alpha value is -2.24. The topological polar surface area (TPSA) is 62.5 Å². The average Bonchev–Trinajstić information content (AvgIpc) is 2.65. The number of piperazine rings is 1. The first-order chi connectivity index (χ1) is 12.1. The van der Waals surface area contributed by atoms with Crippen LogP contribution in [0.2, 0.25) is 0 Å². The van der Waals surface area contributed by atoms with Crippen molar-refractivity contribution in [2.45, 2.75) is 11.8 Å². The summed E-state index contributed by atoms with van der Waals surface area (Å²) in [5.74, 6) is -0.341. The van der Waals surface area contributed by atoms with Crippen molar-refractivity contribution in [3.63, 3.8) is 0 Å². The summed E-state index contributed by atoms with van der Waals surface area (Å²) in [5.41, 5.74) is 6.71. The molecule has 132 valence electrons. The Bertz CT molecular complexity index is 642. The summed E-state index contributed by atoms with van der Waals surface area (Å²) in [6, 6.07) is 15.5. The molecule has 1 saturated heterocycles. The molecule has 1 atom stereocenters. The maximum absolute atomic E-state index is 12.7. The monoisotopic (exact) mass is 338 g/mol. The van der Waals surface area contributed by atoms with Crippen LogP contribution in [0.3, 0.4) is 0 Å².